The van der Waals surface area contributed by atoms with Crippen LogP contribution in [0.25, 0.3) is 0 Å². The van der Waals surface area contributed by atoms with E-state index in [0.29, 0.717) is 5.75 Å². The molecular weight excluding hydrogens is 376 g/mol. The summed E-state index contributed by atoms with van der Waals surface area (Å²) >= 11 is 0. The summed E-state index contributed by atoms with van der Waals surface area (Å²) in [6, 6.07) is 25.5. The molecule has 30 heavy (non-hydrogen) atoms. The van der Waals surface area contributed by atoms with Gasteiger partial charge in [0.25, 0.3) is 0 Å². The molecule has 3 rings (SSSR count). The van der Waals surface area contributed by atoms with Crippen LogP contribution in [-0.4, -0.2) is 26.7 Å². The van der Waals surface area contributed by atoms with Gasteiger partial charge in [-0.2, -0.15) is 0 Å². The van der Waals surface area contributed by atoms with Gasteiger partial charge >= 0.3 is 0 Å². The number of ether oxygens (including phenoxy) is 2. The molecule has 0 spiro atoms. The second-order valence-corrected chi connectivity index (χ2v) is 7.03. The number of amides is 1. The van der Waals surface area contributed by atoms with Crippen molar-refractivity contribution >= 4 is 5.91 Å². The maximum absolute atomic E-state index is 12.7. The molecule has 3 aromatic carbocycles. The van der Waals surface area contributed by atoms with Crippen molar-refractivity contribution in [1.82, 2.24) is 10.6 Å². The first kappa shape index (κ1) is 21.4. The summed E-state index contributed by atoms with van der Waals surface area (Å²) in [4.78, 5) is 12.7. The zero-order valence-electron chi connectivity index (χ0n) is 17.6. The summed E-state index contributed by atoms with van der Waals surface area (Å²) < 4.78 is 10.7. The van der Waals surface area contributed by atoms with E-state index in [9.17, 15) is 4.79 Å². The largest absolute Gasteiger partial charge is 0.497 e. The van der Waals surface area contributed by atoms with E-state index in [1.165, 1.54) is 0 Å². The highest BCUT2D eigenvalue weighted by Crippen LogP contribution is 2.29. The quantitative estimate of drug-likeness (QED) is 0.559. The van der Waals surface area contributed by atoms with E-state index in [1.807, 2.05) is 61.5 Å². The van der Waals surface area contributed by atoms with Gasteiger partial charge < -0.3 is 14.8 Å². The summed E-state index contributed by atoms with van der Waals surface area (Å²) in [7, 11) is 3.23. The van der Waals surface area contributed by atoms with Crippen LogP contribution in [0.3, 0.4) is 0 Å². The van der Waals surface area contributed by atoms with Gasteiger partial charge in [-0.15, -0.1) is 0 Å². The van der Waals surface area contributed by atoms with Crippen molar-refractivity contribution in [3.8, 4) is 11.5 Å². The zero-order chi connectivity index (χ0) is 21.3. The molecule has 5 nitrogen and oxygen atoms in total. The predicted molar refractivity (Wildman–Crippen MR) is 119 cm³/mol. The minimum Gasteiger partial charge on any atom is -0.497 e. The molecule has 0 radical (unpaired) electrons. The van der Waals surface area contributed by atoms with E-state index in [1.54, 1.807) is 14.2 Å². The molecule has 0 aliphatic carbocycles. The fourth-order valence-corrected chi connectivity index (χ4v) is 3.46. The average molecular weight is 405 g/mol. The Balaban J connectivity index is 1.69. The molecule has 0 aromatic heterocycles. The van der Waals surface area contributed by atoms with Crippen LogP contribution in [0.2, 0.25) is 0 Å². The number of carbonyl (C=O) groups is 1. The molecule has 156 valence electrons. The van der Waals surface area contributed by atoms with Gasteiger partial charge in [-0.25, -0.2) is 0 Å². The van der Waals surface area contributed by atoms with Gasteiger partial charge in [0.1, 0.15) is 11.5 Å². The number of rotatable bonds is 9. The van der Waals surface area contributed by atoms with Crippen molar-refractivity contribution in [3.05, 3.63) is 95.6 Å². The van der Waals surface area contributed by atoms with Gasteiger partial charge in [0.05, 0.1) is 32.8 Å². The summed E-state index contributed by atoms with van der Waals surface area (Å²) in [5, 5.41) is 6.44. The Hall–Kier alpha value is -3.31. The summed E-state index contributed by atoms with van der Waals surface area (Å²) in [6.45, 7) is 2.12. The Kier molecular flexibility index (Phi) is 7.46. The third-order valence-corrected chi connectivity index (χ3v) is 5.01. The van der Waals surface area contributed by atoms with E-state index >= 15 is 0 Å². The molecule has 3 aromatic rings. The van der Waals surface area contributed by atoms with Gasteiger partial charge in [-0.3, -0.25) is 10.1 Å². The Morgan fingerprint density at radius 3 is 2.00 bits per heavy atom. The molecule has 0 aliphatic rings. The molecular formula is C25H28N2O3. The van der Waals surface area contributed by atoms with E-state index in [0.717, 1.165) is 22.4 Å². The predicted octanol–water partition coefficient (Wildman–Crippen LogP) is 4.26. The Bertz CT molecular complexity index is 906. The van der Waals surface area contributed by atoms with Crippen LogP contribution < -0.4 is 20.1 Å². The minimum atomic E-state index is -0.226. The van der Waals surface area contributed by atoms with Crippen LogP contribution in [0.5, 0.6) is 11.5 Å². The minimum absolute atomic E-state index is 0.0696. The van der Waals surface area contributed by atoms with Crippen molar-refractivity contribution in [2.75, 3.05) is 20.8 Å². The molecule has 0 saturated heterocycles. The fourth-order valence-electron chi connectivity index (χ4n) is 3.46. The van der Waals surface area contributed by atoms with Gasteiger partial charge in [0.15, 0.2) is 0 Å². The first-order valence-corrected chi connectivity index (χ1v) is 9.97. The van der Waals surface area contributed by atoms with Gasteiger partial charge in [-0.05, 0) is 36.2 Å². The molecule has 5 heteroatoms. The second-order valence-electron chi connectivity index (χ2n) is 7.03. The van der Waals surface area contributed by atoms with Crippen molar-refractivity contribution in [2.45, 2.75) is 19.0 Å². The summed E-state index contributed by atoms with van der Waals surface area (Å²) in [5.41, 5.74) is 3.09. The number of benzene rings is 3. The van der Waals surface area contributed by atoms with Crippen LogP contribution in [0.1, 0.15) is 35.7 Å². The Labute approximate surface area is 178 Å². The van der Waals surface area contributed by atoms with Crippen molar-refractivity contribution < 1.29 is 14.3 Å². The lowest BCUT2D eigenvalue weighted by Crippen LogP contribution is -2.37. The number of carbonyl (C=O) groups excluding carboxylic acids is 1. The highest BCUT2D eigenvalue weighted by Gasteiger charge is 2.18. The zero-order valence-corrected chi connectivity index (χ0v) is 17.6. The topological polar surface area (TPSA) is 59.6 Å². The van der Waals surface area contributed by atoms with E-state index in [-0.39, 0.29) is 24.5 Å². The molecule has 0 aliphatic heterocycles. The van der Waals surface area contributed by atoms with E-state index in [2.05, 4.69) is 34.9 Å². The summed E-state index contributed by atoms with van der Waals surface area (Å²) in [6.07, 6.45) is 0. The number of hydrogen-bond acceptors (Lipinski definition) is 4. The van der Waals surface area contributed by atoms with Gasteiger partial charge in [0, 0.05) is 5.56 Å². The first-order chi connectivity index (χ1) is 14.6. The molecule has 2 N–H and O–H groups in total. The first-order valence-electron chi connectivity index (χ1n) is 9.97. The van der Waals surface area contributed by atoms with Crippen molar-refractivity contribution in [1.29, 1.82) is 0 Å². The molecule has 0 saturated carbocycles. The summed E-state index contributed by atoms with van der Waals surface area (Å²) in [5.74, 6) is 1.34. The SMILES string of the molecule is COc1ccc(OC)c([C@@H](C)NC(=O)CNC(c2ccccc2)c2ccccc2)c1. The average Bonchev–Trinajstić information content (AvgIpc) is 2.80. The lowest BCUT2D eigenvalue weighted by Gasteiger charge is -2.22. The lowest BCUT2D eigenvalue weighted by molar-refractivity contribution is -0.121. The molecule has 0 unspecified atom stereocenters. The Morgan fingerprint density at radius 2 is 1.47 bits per heavy atom. The van der Waals surface area contributed by atoms with Gasteiger partial charge in [0.2, 0.25) is 5.91 Å². The van der Waals surface area contributed by atoms with E-state index in [4.69, 9.17) is 9.47 Å². The number of nitrogens with one attached hydrogen (secondary N) is 2. The van der Waals surface area contributed by atoms with Gasteiger partial charge in [-0.1, -0.05) is 60.7 Å². The third-order valence-electron chi connectivity index (χ3n) is 5.01. The third kappa shape index (κ3) is 5.39. The van der Waals surface area contributed by atoms with E-state index < -0.39 is 0 Å². The van der Waals surface area contributed by atoms with Crippen molar-refractivity contribution in [3.63, 3.8) is 0 Å². The van der Waals surface area contributed by atoms with Crippen LogP contribution in [-0.2, 0) is 4.79 Å². The molecule has 1 atom stereocenters. The number of methoxy groups -OCH3 is 2. The monoisotopic (exact) mass is 404 g/mol. The van der Waals surface area contributed by atoms with Crippen LogP contribution in [0.4, 0.5) is 0 Å². The Morgan fingerprint density at radius 1 is 0.867 bits per heavy atom. The standard InChI is InChI=1S/C25H28N2O3/c1-18(22-16-21(29-2)14-15-23(22)30-3)27-24(28)17-26-25(19-10-6-4-7-11-19)20-12-8-5-9-13-20/h4-16,18,25-26H,17H2,1-3H3,(H,27,28)/t18-/m1/s1. The second kappa shape index (κ2) is 10.5. The normalized spacial score (nSPS) is 11.7. The van der Waals surface area contributed by atoms with Crippen LogP contribution in [0.15, 0.2) is 78.9 Å². The van der Waals surface area contributed by atoms with Crippen LogP contribution >= 0.6 is 0 Å². The van der Waals surface area contributed by atoms with Crippen LogP contribution in [0, 0.1) is 0 Å². The van der Waals surface area contributed by atoms with Crippen molar-refractivity contribution in [2.24, 2.45) is 0 Å². The smallest absolute Gasteiger partial charge is 0.234 e. The highest BCUT2D eigenvalue weighted by atomic mass is 16.5. The molecule has 0 fully saturated rings. The molecule has 0 bridgehead atoms. The molecule has 0 heterocycles. The molecule has 1 amide bonds. The maximum atomic E-state index is 12.7. The lowest BCUT2D eigenvalue weighted by atomic mass is 9.99. The number of hydrogen-bond donors (Lipinski definition) is 2. The highest BCUT2D eigenvalue weighted by molar-refractivity contribution is 5.78. The fraction of sp³-hybridized carbons (Fsp3) is 0.240. The maximum Gasteiger partial charge on any atom is 0.234 e.